The minimum Gasteiger partial charge on any atom is -0.397 e. The Morgan fingerprint density at radius 1 is 1.18 bits per heavy atom. The van der Waals surface area contributed by atoms with Crippen molar-refractivity contribution < 1.29 is 4.39 Å². The number of aromatic nitrogens is 1. The maximum Gasteiger partial charge on any atom is 0.151 e. The molecule has 4 rings (SSSR count). The third kappa shape index (κ3) is 5.19. The van der Waals surface area contributed by atoms with E-state index in [1.807, 2.05) is 44.2 Å². The molecule has 33 heavy (non-hydrogen) atoms. The second kappa shape index (κ2) is 10.1. The highest BCUT2D eigenvalue weighted by Gasteiger charge is 2.25. The molecule has 172 valence electrons. The van der Waals surface area contributed by atoms with Crippen molar-refractivity contribution in [2.45, 2.75) is 46.0 Å². The summed E-state index contributed by atoms with van der Waals surface area (Å²) in [4.78, 5) is 7.15. The van der Waals surface area contributed by atoms with Crippen molar-refractivity contribution in [3.8, 4) is 11.3 Å². The zero-order valence-corrected chi connectivity index (χ0v) is 19.6. The minimum absolute atomic E-state index is 0.317. The molecule has 0 atom stereocenters. The molecule has 0 amide bonds. The van der Waals surface area contributed by atoms with Crippen LogP contribution in [0.2, 0.25) is 0 Å². The van der Waals surface area contributed by atoms with Crippen LogP contribution >= 0.6 is 0 Å². The Kier molecular flexibility index (Phi) is 6.97. The Morgan fingerprint density at radius 2 is 1.94 bits per heavy atom. The molecular weight excluding hydrogens is 411 g/mol. The Balaban J connectivity index is 1.77. The average molecular weight is 445 g/mol. The number of nitrogens with one attached hydrogen (secondary N) is 1. The predicted molar refractivity (Wildman–Crippen MR) is 136 cm³/mol. The average Bonchev–Trinajstić information content (AvgIpc) is 3.65. The predicted octanol–water partition coefficient (Wildman–Crippen LogP) is 6.33. The molecular formula is C28H33FN4. The van der Waals surface area contributed by atoms with Crippen molar-refractivity contribution in [1.82, 2.24) is 15.2 Å². The maximum atomic E-state index is 14.9. The highest BCUT2D eigenvalue weighted by atomic mass is 19.1. The van der Waals surface area contributed by atoms with Crippen LogP contribution in [0.15, 0.2) is 72.1 Å². The fraction of sp³-hybridized carbons (Fsp3) is 0.321. The minimum atomic E-state index is -0.413. The molecule has 1 aromatic carbocycles. The summed E-state index contributed by atoms with van der Waals surface area (Å²) in [6.07, 6.45) is 11.6. The molecule has 0 spiro atoms. The van der Waals surface area contributed by atoms with Crippen molar-refractivity contribution >= 4 is 11.4 Å². The van der Waals surface area contributed by atoms with E-state index in [0.29, 0.717) is 17.1 Å². The van der Waals surface area contributed by atoms with E-state index in [4.69, 9.17) is 10.7 Å². The molecule has 0 unspecified atom stereocenters. The maximum absolute atomic E-state index is 14.9. The van der Waals surface area contributed by atoms with Crippen molar-refractivity contribution in [3.05, 3.63) is 89.2 Å². The first kappa shape index (κ1) is 22.8. The van der Waals surface area contributed by atoms with Crippen LogP contribution in [-0.2, 0) is 0 Å². The summed E-state index contributed by atoms with van der Waals surface area (Å²) in [7, 11) is 0. The van der Waals surface area contributed by atoms with Crippen LogP contribution < -0.4 is 11.1 Å². The molecule has 2 fully saturated rings. The van der Waals surface area contributed by atoms with Crippen molar-refractivity contribution in [1.29, 1.82) is 0 Å². The topological polar surface area (TPSA) is 54.2 Å². The Bertz CT molecular complexity index is 1130. The summed E-state index contributed by atoms with van der Waals surface area (Å²) in [5.41, 5.74) is 13.5. The number of anilines is 1. The molecule has 0 bridgehead atoms. The summed E-state index contributed by atoms with van der Waals surface area (Å²) in [6, 6.07) is 9.12. The normalized spacial score (nSPS) is 16.6. The van der Waals surface area contributed by atoms with Gasteiger partial charge in [-0.3, -0.25) is 0 Å². The lowest BCUT2D eigenvalue weighted by atomic mass is 10.1. The molecule has 3 N–H and O–H groups in total. The number of pyridine rings is 1. The SMILES string of the molecule is C=C/C(NC(=C1CC1)c1nc(-c2cccc(C)c2)c(F)cc1N)=C(\C=C/C)N1CCCCC1. The van der Waals surface area contributed by atoms with Gasteiger partial charge in [0.25, 0.3) is 0 Å². The van der Waals surface area contributed by atoms with Crippen molar-refractivity contribution in [2.75, 3.05) is 18.8 Å². The summed E-state index contributed by atoms with van der Waals surface area (Å²) in [5.74, 6) is -0.413. The first-order chi connectivity index (χ1) is 16.0. The summed E-state index contributed by atoms with van der Waals surface area (Å²) < 4.78 is 14.9. The molecule has 1 aliphatic carbocycles. The number of allylic oxidation sites excluding steroid dienone is 4. The van der Waals surface area contributed by atoms with E-state index in [-0.39, 0.29) is 0 Å². The molecule has 0 radical (unpaired) electrons. The molecule has 2 aliphatic rings. The highest BCUT2D eigenvalue weighted by molar-refractivity contribution is 5.79. The number of nitrogens with zero attached hydrogens (tertiary/aromatic N) is 2. The largest absolute Gasteiger partial charge is 0.397 e. The lowest BCUT2D eigenvalue weighted by Crippen LogP contribution is -2.31. The number of piperidine rings is 1. The zero-order valence-electron chi connectivity index (χ0n) is 19.6. The number of nitrogen functional groups attached to an aromatic ring is 1. The van der Waals surface area contributed by atoms with Gasteiger partial charge < -0.3 is 16.0 Å². The van der Waals surface area contributed by atoms with Crippen LogP contribution in [0.1, 0.15) is 50.3 Å². The molecule has 1 aromatic heterocycles. The van der Waals surface area contributed by atoms with Gasteiger partial charge in [-0.25, -0.2) is 9.37 Å². The van der Waals surface area contributed by atoms with E-state index in [1.54, 1.807) is 0 Å². The number of hydrogen-bond acceptors (Lipinski definition) is 4. The number of halogens is 1. The second-order valence-corrected chi connectivity index (χ2v) is 8.78. The van der Waals surface area contributed by atoms with Gasteiger partial charge in [0.05, 0.1) is 22.8 Å². The van der Waals surface area contributed by atoms with Gasteiger partial charge in [-0.05, 0) is 69.7 Å². The van der Waals surface area contributed by atoms with Crippen LogP contribution in [0.5, 0.6) is 0 Å². The van der Waals surface area contributed by atoms with Crippen molar-refractivity contribution in [3.63, 3.8) is 0 Å². The van der Waals surface area contributed by atoms with Crippen LogP contribution in [0, 0.1) is 12.7 Å². The molecule has 4 nitrogen and oxygen atoms in total. The third-order valence-corrected chi connectivity index (χ3v) is 6.15. The molecule has 2 aromatic rings. The van der Waals surface area contributed by atoms with Crippen molar-refractivity contribution in [2.24, 2.45) is 0 Å². The number of aryl methyl sites for hydroxylation is 1. The lowest BCUT2D eigenvalue weighted by molar-refractivity contribution is 0.290. The first-order valence-corrected chi connectivity index (χ1v) is 11.8. The van der Waals surface area contributed by atoms with Gasteiger partial charge in [-0.15, -0.1) is 0 Å². The number of hydrogen-bond donors (Lipinski definition) is 2. The van der Waals surface area contributed by atoms with E-state index in [2.05, 4.69) is 28.9 Å². The lowest BCUT2D eigenvalue weighted by Gasteiger charge is -2.31. The van der Waals surface area contributed by atoms with E-state index in [1.165, 1.54) is 30.9 Å². The van der Waals surface area contributed by atoms with Gasteiger partial charge >= 0.3 is 0 Å². The third-order valence-electron chi connectivity index (χ3n) is 6.15. The Hall–Kier alpha value is -3.34. The molecule has 2 heterocycles. The van der Waals surface area contributed by atoms with Gasteiger partial charge in [-0.1, -0.05) is 36.4 Å². The van der Waals surface area contributed by atoms with Crippen LogP contribution in [0.25, 0.3) is 17.0 Å². The van der Waals surface area contributed by atoms with E-state index in [0.717, 1.165) is 54.1 Å². The van der Waals surface area contributed by atoms with E-state index in [9.17, 15) is 4.39 Å². The molecule has 1 saturated heterocycles. The summed E-state index contributed by atoms with van der Waals surface area (Å²) in [6.45, 7) is 10.2. The number of rotatable bonds is 7. The van der Waals surface area contributed by atoms with Gasteiger partial charge in [0.15, 0.2) is 5.82 Å². The number of nitrogens with two attached hydrogens (primary N) is 1. The molecule has 1 aliphatic heterocycles. The quantitative estimate of drug-likeness (QED) is 0.490. The fourth-order valence-corrected chi connectivity index (χ4v) is 4.34. The zero-order chi connectivity index (χ0) is 23.4. The first-order valence-electron chi connectivity index (χ1n) is 11.8. The standard InChI is InChI=1S/C28H33FN4/c1-4-10-25(33-15-7-6-8-16-33)24(5-2)31-27(20-13-14-20)28-23(30)18-22(29)26(32-28)21-12-9-11-19(3)17-21/h4-5,9-12,17-18,31H,2,6-8,13-16,30H2,1,3H3/b10-4-,25-24-. The molecule has 1 saturated carbocycles. The van der Waals surface area contributed by atoms with E-state index < -0.39 is 5.82 Å². The monoisotopic (exact) mass is 444 g/mol. The molecule has 5 heteroatoms. The summed E-state index contributed by atoms with van der Waals surface area (Å²) in [5, 5.41) is 3.60. The highest BCUT2D eigenvalue weighted by Crippen LogP contribution is 2.38. The van der Waals surface area contributed by atoms with Gasteiger partial charge in [0.2, 0.25) is 0 Å². The second-order valence-electron chi connectivity index (χ2n) is 8.78. The van der Waals surface area contributed by atoms with Gasteiger partial charge in [0, 0.05) is 24.7 Å². The Labute approximate surface area is 196 Å². The fourth-order valence-electron chi connectivity index (χ4n) is 4.34. The smallest absolute Gasteiger partial charge is 0.151 e. The van der Waals surface area contributed by atoms with Crippen LogP contribution in [0.3, 0.4) is 0 Å². The van der Waals surface area contributed by atoms with Gasteiger partial charge in [-0.2, -0.15) is 0 Å². The number of likely N-dealkylation sites (tertiary alicyclic amines) is 1. The summed E-state index contributed by atoms with van der Waals surface area (Å²) >= 11 is 0. The van der Waals surface area contributed by atoms with Crippen LogP contribution in [0.4, 0.5) is 10.1 Å². The number of benzene rings is 1. The Morgan fingerprint density at radius 3 is 2.58 bits per heavy atom. The van der Waals surface area contributed by atoms with Gasteiger partial charge in [0.1, 0.15) is 11.4 Å². The van der Waals surface area contributed by atoms with E-state index >= 15 is 0 Å². The van der Waals surface area contributed by atoms with Crippen LogP contribution in [-0.4, -0.2) is 23.0 Å².